The molecule has 1 heterocycles. The Balaban J connectivity index is 1.69. The van der Waals surface area contributed by atoms with E-state index < -0.39 is 0 Å². The Morgan fingerprint density at radius 3 is 2.08 bits per heavy atom. The standard InChI is InChI=1S/C22H19N3O/c1-2-3-4-13-26-21-15-24-22(25-16-21)20-11-9-19(10-12-20)18-7-5-17(14-23)6-8-18/h2-3,5-12,15-16H,4,13H2,1H3/b3-2-. The Bertz CT molecular complexity index is 906. The number of hydrogen-bond donors (Lipinski definition) is 0. The summed E-state index contributed by atoms with van der Waals surface area (Å²) in [5, 5.41) is 8.88. The summed E-state index contributed by atoms with van der Waals surface area (Å²) in [6.07, 6.45) is 8.34. The molecule has 0 radical (unpaired) electrons. The zero-order chi connectivity index (χ0) is 18.2. The second kappa shape index (κ2) is 8.59. The molecule has 0 bridgehead atoms. The molecule has 26 heavy (non-hydrogen) atoms. The van der Waals surface area contributed by atoms with Crippen molar-refractivity contribution in [1.29, 1.82) is 5.26 Å². The van der Waals surface area contributed by atoms with Crippen molar-refractivity contribution in [3.63, 3.8) is 0 Å². The third-order valence-corrected chi connectivity index (χ3v) is 3.91. The average Bonchev–Trinajstić information content (AvgIpc) is 2.72. The zero-order valence-electron chi connectivity index (χ0n) is 14.6. The average molecular weight is 341 g/mol. The number of ether oxygens (including phenoxy) is 1. The second-order valence-corrected chi connectivity index (χ2v) is 5.72. The molecule has 1 aromatic heterocycles. The lowest BCUT2D eigenvalue weighted by Gasteiger charge is -2.06. The summed E-state index contributed by atoms with van der Waals surface area (Å²) in [6.45, 7) is 2.61. The number of hydrogen-bond acceptors (Lipinski definition) is 4. The first-order valence-electron chi connectivity index (χ1n) is 8.47. The fraction of sp³-hybridized carbons (Fsp3) is 0.136. The van der Waals surface area contributed by atoms with Gasteiger partial charge < -0.3 is 4.74 Å². The van der Waals surface area contributed by atoms with Gasteiger partial charge in [-0.15, -0.1) is 0 Å². The molecule has 0 saturated carbocycles. The lowest BCUT2D eigenvalue weighted by molar-refractivity contribution is 0.322. The van der Waals surface area contributed by atoms with E-state index in [9.17, 15) is 0 Å². The molecule has 2 aromatic carbocycles. The molecule has 0 atom stereocenters. The third kappa shape index (κ3) is 4.34. The molecule has 0 amide bonds. The van der Waals surface area contributed by atoms with Crippen molar-refractivity contribution in [2.75, 3.05) is 6.61 Å². The van der Waals surface area contributed by atoms with Crippen LogP contribution in [0.2, 0.25) is 0 Å². The molecule has 0 aliphatic rings. The van der Waals surface area contributed by atoms with E-state index in [-0.39, 0.29) is 0 Å². The Labute approximate surface area is 153 Å². The van der Waals surface area contributed by atoms with Gasteiger partial charge in [0.05, 0.1) is 30.6 Å². The van der Waals surface area contributed by atoms with Crippen LogP contribution in [0.3, 0.4) is 0 Å². The first kappa shape index (κ1) is 17.4. The van der Waals surface area contributed by atoms with Crippen molar-refractivity contribution in [2.45, 2.75) is 13.3 Å². The Morgan fingerprint density at radius 2 is 1.50 bits per heavy atom. The summed E-state index contributed by atoms with van der Waals surface area (Å²) in [5.41, 5.74) is 3.76. The highest BCUT2D eigenvalue weighted by Crippen LogP contribution is 2.23. The highest BCUT2D eigenvalue weighted by atomic mass is 16.5. The maximum absolute atomic E-state index is 8.88. The van der Waals surface area contributed by atoms with Crippen LogP contribution in [0.25, 0.3) is 22.5 Å². The molecule has 0 saturated heterocycles. The fourth-order valence-electron chi connectivity index (χ4n) is 2.50. The van der Waals surface area contributed by atoms with Crippen molar-refractivity contribution in [3.05, 3.63) is 78.6 Å². The Hall–Kier alpha value is -3.45. The first-order valence-corrected chi connectivity index (χ1v) is 8.47. The molecule has 3 rings (SSSR count). The Morgan fingerprint density at radius 1 is 0.923 bits per heavy atom. The van der Waals surface area contributed by atoms with Crippen molar-refractivity contribution >= 4 is 0 Å². The number of rotatable bonds is 6. The largest absolute Gasteiger partial charge is 0.490 e. The van der Waals surface area contributed by atoms with E-state index in [2.05, 4.69) is 22.1 Å². The number of allylic oxidation sites excluding steroid dienone is 1. The summed E-state index contributed by atoms with van der Waals surface area (Å²) >= 11 is 0. The molecule has 128 valence electrons. The first-order chi connectivity index (χ1) is 12.8. The van der Waals surface area contributed by atoms with Gasteiger partial charge in [0.1, 0.15) is 0 Å². The van der Waals surface area contributed by atoms with Gasteiger partial charge in [0.15, 0.2) is 11.6 Å². The molecule has 0 aliphatic carbocycles. The van der Waals surface area contributed by atoms with Gasteiger partial charge in [-0.05, 0) is 36.6 Å². The van der Waals surface area contributed by atoms with Gasteiger partial charge in [0, 0.05) is 5.56 Å². The fourth-order valence-corrected chi connectivity index (χ4v) is 2.50. The van der Waals surface area contributed by atoms with Crippen LogP contribution in [0, 0.1) is 11.3 Å². The summed E-state index contributed by atoms with van der Waals surface area (Å²) in [5.74, 6) is 1.34. The summed E-state index contributed by atoms with van der Waals surface area (Å²) in [7, 11) is 0. The minimum atomic E-state index is 0.617. The Kier molecular flexibility index (Phi) is 5.74. The summed E-state index contributed by atoms with van der Waals surface area (Å²) < 4.78 is 5.60. The molecule has 0 N–H and O–H groups in total. The van der Waals surface area contributed by atoms with E-state index in [4.69, 9.17) is 10.00 Å². The lowest BCUT2D eigenvalue weighted by atomic mass is 10.0. The molecular formula is C22H19N3O. The van der Waals surface area contributed by atoms with Gasteiger partial charge >= 0.3 is 0 Å². The molecule has 4 heteroatoms. The second-order valence-electron chi connectivity index (χ2n) is 5.72. The van der Waals surface area contributed by atoms with Crippen LogP contribution in [-0.4, -0.2) is 16.6 Å². The van der Waals surface area contributed by atoms with Crippen LogP contribution in [0.15, 0.2) is 73.1 Å². The van der Waals surface area contributed by atoms with Gasteiger partial charge in [-0.3, -0.25) is 0 Å². The van der Waals surface area contributed by atoms with Gasteiger partial charge in [-0.2, -0.15) is 5.26 Å². The van der Waals surface area contributed by atoms with Crippen molar-refractivity contribution in [2.24, 2.45) is 0 Å². The molecule has 0 aliphatic heterocycles. The van der Waals surface area contributed by atoms with Gasteiger partial charge in [0.2, 0.25) is 0 Å². The van der Waals surface area contributed by atoms with Crippen molar-refractivity contribution in [1.82, 2.24) is 9.97 Å². The van der Waals surface area contributed by atoms with Gasteiger partial charge in [-0.1, -0.05) is 48.6 Å². The highest BCUT2D eigenvalue weighted by Gasteiger charge is 2.04. The smallest absolute Gasteiger partial charge is 0.159 e. The lowest BCUT2D eigenvalue weighted by Crippen LogP contribution is -1.97. The molecular weight excluding hydrogens is 322 g/mol. The monoisotopic (exact) mass is 341 g/mol. The van der Waals surface area contributed by atoms with Crippen LogP contribution in [-0.2, 0) is 0 Å². The topological polar surface area (TPSA) is 58.8 Å². The van der Waals surface area contributed by atoms with E-state index >= 15 is 0 Å². The van der Waals surface area contributed by atoms with Crippen LogP contribution >= 0.6 is 0 Å². The predicted molar refractivity (Wildman–Crippen MR) is 103 cm³/mol. The zero-order valence-corrected chi connectivity index (χ0v) is 14.6. The van der Waals surface area contributed by atoms with E-state index in [0.717, 1.165) is 23.1 Å². The number of nitrogens with zero attached hydrogens (tertiary/aromatic N) is 3. The number of benzene rings is 2. The number of aromatic nitrogens is 2. The van der Waals surface area contributed by atoms with E-state index in [1.54, 1.807) is 12.4 Å². The number of nitriles is 1. The van der Waals surface area contributed by atoms with Crippen molar-refractivity contribution in [3.8, 4) is 34.3 Å². The van der Waals surface area contributed by atoms with Crippen LogP contribution in [0.5, 0.6) is 5.75 Å². The van der Waals surface area contributed by atoms with E-state index in [0.29, 0.717) is 23.7 Å². The summed E-state index contributed by atoms with van der Waals surface area (Å²) in [6, 6.07) is 17.7. The SMILES string of the molecule is C/C=C\CCOc1cnc(-c2ccc(-c3ccc(C#N)cc3)cc2)nc1. The minimum Gasteiger partial charge on any atom is -0.490 e. The molecule has 0 fully saturated rings. The van der Waals surface area contributed by atoms with Crippen LogP contribution in [0.1, 0.15) is 18.9 Å². The predicted octanol–water partition coefficient (Wildman–Crippen LogP) is 5.03. The molecule has 0 spiro atoms. The van der Waals surface area contributed by atoms with E-state index in [1.165, 1.54) is 0 Å². The normalized spacial score (nSPS) is 10.6. The van der Waals surface area contributed by atoms with Crippen molar-refractivity contribution < 1.29 is 4.74 Å². The minimum absolute atomic E-state index is 0.617. The van der Waals surface area contributed by atoms with E-state index in [1.807, 2.05) is 61.5 Å². The third-order valence-electron chi connectivity index (χ3n) is 3.91. The highest BCUT2D eigenvalue weighted by molar-refractivity contribution is 5.68. The quantitative estimate of drug-likeness (QED) is 0.466. The maximum atomic E-state index is 8.88. The van der Waals surface area contributed by atoms with Crippen LogP contribution in [0.4, 0.5) is 0 Å². The maximum Gasteiger partial charge on any atom is 0.159 e. The van der Waals surface area contributed by atoms with Crippen LogP contribution < -0.4 is 4.74 Å². The van der Waals surface area contributed by atoms with Gasteiger partial charge in [-0.25, -0.2) is 9.97 Å². The molecule has 0 unspecified atom stereocenters. The molecule has 4 nitrogen and oxygen atoms in total. The van der Waals surface area contributed by atoms with Gasteiger partial charge in [0.25, 0.3) is 0 Å². The molecule has 3 aromatic rings. The summed E-state index contributed by atoms with van der Waals surface area (Å²) in [4.78, 5) is 8.77.